The summed E-state index contributed by atoms with van der Waals surface area (Å²) in [5, 5.41) is 3.71. The van der Waals surface area contributed by atoms with Crippen LogP contribution >= 0.6 is 0 Å². The maximum atomic E-state index is 3.71. The highest BCUT2D eigenvalue weighted by Crippen LogP contribution is 2.27. The number of hydrogen-bond acceptors (Lipinski definition) is 2. The van der Waals surface area contributed by atoms with Crippen LogP contribution in [0.15, 0.2) is 24.3 Å². The van der Waals surface area contributed by atoms with Crippen LogP contribution < -0.4 is 10.2 Å². The summed E-state index contributed by atoms with van der Waals surface area (Å²) in [7, 11) is 4.17. The molecular weight excluding hydrogens is 232 g/mol. The van der Waals surface area contributed by atoms with Crippen molar-refractivity contribution in [3.05, 3.63) is 29.8 Å². The van der Waals surface area contributed by atoms with Crippen LogP contribution in [-0.4, -0.2) is 20.6 Å². The molecule has 1 aromatic rings. The van der Waals surface area contributed by atoms with Gasteiger partial charge in [0.15, 0.2) is 0 Å². The molecule has 0 saturated heterocycles. The molecule has 0 bridgehead atoms. The summed E-state index contributed by atoms with van der Waals surface area (Å²) >= 11 is 0. The molecule has 0 saturated carbocycles. The quantitative estimate of drug-likeness (QED) is 0.754. The van der Waals surface area contributed by atoms with Gasteiger partial charge in [-0.25, -0.2) is 0 Å². The van der Waals surface area contributed by atoms with Crippen molar-refractivity contribution < 1.29 is 0 Å². The molecule has 1 N–H and O–H groups in total. The lowest BCUT2D eigenvalue weighted by molar-refractivity contribution is 0.363. The van der Waals surface area contributed by atoms with E-state index in [1.54, 1.807) is 0 Å². The minimum Gasteiger partial charge on any atom is -0.378 e. The fourth-order valence-electron chi connectivity index (χ4n) is 2.55. The van der Waals surface area contributed by atoms with E-state index in [9.17, 15) is 0 Å². The molecule has 0 aliphatic carbocycles. The third kappa shape index (κ3) is 4.87. The van der Waals surface area contributed by atoms with Crippen molar-refractivity contribution in [3.63, 3.8) is 0 Å². The van der Waals surface area contributed by atoms with E-state index in [1.807, 2.05) is 0 Å². The Hall–Kier alpha value is -1.02. The van der Waals surface area contributed by atoms with E-state index in [0.29, 0.717) is 12.0 Å². The first-order chi connectivity index (χ1) is 9.10. The number of nitrogens with zero attached hydrogens (tertiary/aromatic N) is 1. The Morgan fingerprint density at radius 1 is 1.05 bits per heavy atom. The molecule has 1 rings (SSSR count). The second kappa shape index (κ2) is 8.21. The van der Waals surface area contributed by atoms with Gasteiger partial charge in [-0.05, 0) is 43.0 Å². The summed E-state index contributed by atoms with van der Waals surface area (Å²) in [6, 6.07) is 9.46. The van der Waals surface area contributed by atoms with E-state index in [0.717, 1.165) is 6.54 Å². The van der Waals surface area contributed by atoms with Gasteiger partial charge in [0.2, 0.25) is 0 Å². The summed E-state index contributed by atoms with van der Waals surface area (Å²) in [6.45, 7) is 7.94. The van der Waals surface area contributed by atoms with Gasteiger partial charge in [-0.3, -0.25) is 0 Å². The zero-order valence-corrected chi connectivity index (χ0v) is 13.2. The monoisotopic (exact) mass is 262 g/mol. The predicted molar refractivity (Wildman–Crippen MR) is 85.9 cm³/mol. The van der Waals surface area contributed by atoms with Crippen LogP contribution in [0.4, 0.5) is 5.69 Å². The Morgan fingerprint density at radius 3 is 2.16 bits per heavy atom. The van der Waals surface area contributed by atoms with Crippen LogP contribution in [0.3, 0.4) is 0 Å². The van der Waals surface area contributed by atoms with Crippen molar-refractivity contribution >= 4 is 5.69 Å². The van der Waals surface area contributed by atoms with Crippen molar-refractivity contribution in [2.75, 3.05) is 25.5 Å². The highest BCUT2D eigenvalue weighted by atomic mass is 15.1. The Morgan fingerprint density at radius 2 is 1.68 bits per heavy atom. The van der Waals surface area contributed by atoms with Gasteiger partial charge in [-0.15, -0.1) is 0 Å². The van der Waals surface area contributed by atoms with Gasteiger partial charge >= 0.3 is 0 Å². The van der Waals surface area contributed by atoms with Crippen molar-refractivity contribution in [3.8, 4) is 0 Å². The van der Waals surface area contributed by atoms with Crippen LogP contribution in [0.5, 0.6) is 0 Å². The first kappa shape index (κ1) is 16.0. The van der Waals surface area contributed by atoms with Crippen molar-refractivity contribution in [2.24, 2.45) is 5.92 Å². The molecule has 0 fully saturated rings. The van der Waals surface area contributed by atoms with Gasteiger partial charge in [-0.2, -0.15) is 0 Å². The van der Waals surface area contributed by atoms with Crippen LogP contribution in [0, 0.1) is 5.92 Å². The molecule has 0 amide bonds. The molecule has 0 aliphatic heterocycles. The largest absolute Gasteiger partial charge is 0.378 e. The van der Waals surface area contributed by atoms with Crippen LogP contribution in [-0.2, 0) is 0 Å². The first-order valence-corrected chi connectivity index (χ1v) is 7.60. The predicted octanol–water partition coefficient (Wildman–Crippen LogP) is 4.23. The molecule has 0 spiro atoms. The molecule has 108 valence electrons. The standard InChI is InChI=1S/C17H30N2/c1-6-8-14(3)17(18-13-7-2)15-9-11-16(12-10-15)19(4)5/h9-12,14,17-18H,6-8,13H2,1-5H3. The highest BCUT2D eigenvalue weighted by molar-refractivity contribution is 5.46. The topological polar surface area (TPSA) is 15.3 Å². The second-order valence-corrected chi connectivity index (χ2v) is 5.68. The molecule has 2 heteroatoms. The lowest BCUT2D eigenvalue weighted by Gasteiger charge is -2.26. The Kier molecular flexibility index (Phi) is 6.93. The van der Waals surface area contributed by atoms with Gasteiger partial charge in [0.25, 0.3) is 0 Å². The molecule has 0 aromatic heterocycles. The molecule has 1 aromatic carbocycles. The summed E-state index contributed by atoms with van der Waals surface area (Å²) in [5.41, 5.74) is 2.68. The third-order valence-electron chi connectivity index (χ3n) is 3.70. The van der Waals surface area contributed by atoms with E-state index in [2.05, 4.69) is 69.3 Å². The van der Waals surface area contributed by atoms with E-state index in [-0.39, 0.29) is 0 Å². The summed E-state index contributed by atoms with van der Waals surface area (Å²) in [5.74, 6) is 0.682. The van der Waals surface area contributed by atoms with Gasteiger partial charge < -0.3 is 10.2 Å². The Bertz CT molecular complexity index is 343. The van der Waals surface area contributed by atoms with Crippen molar-refractivity contribution in [1.29, 1.82) is 0 Å². The minimum absolute atomic E-state index is 0.483. The van der Waals surface area contributed by atoms with E-state index in [1.165, 1.54) is 30.5 Å². The Labute approximate surface area is 119 Å². The molecule has 2 nitrogen and oxygen atoms in total. The van der Waals surface area contributed by atoms with E-state index in [4.69, 9.17) is 0 Å². The third-order valence-corrected chi connectivity index (χ3v) is 3.70. The highest BCUT2D eigenvalue weighted by Gasteiger charge is 2.17. The fourth-order valence-corrected chi connectivity index (χ4v) is 2.55. The number of benzene rings is 1. The first-order valence-electron chi connectivity index (χ1n) is 7.60. The number of nitrogens with one attached hydrogen (secondary N) is 1. The Balaban J connectivity index is 2.83. The minimum atomic E-state index is 0.483. The number of hydrogen-bond donors (Lipinski definition) is 1. The molecule has 0 radical (unpaired) electrons. The molecule has 2 atom stereocenters. The fraction of sp³-hybridized carbons (Fsp3) is 0.647. The lowest BCUT2D eigenvalue weighted by atomic mass is 9.90. The molecule has 19 heavy (non-hydrogen) atoms. The average molecular weight is 262 g/mol. The number of rotatable bonds is 8. The van der Waals surface area contributed by atoms with Crippen LogP contribution in [0.1, 0.15) is 51.6 Å². The smallest absolute Gasteiger partial charge is 0.0361 e. The summed E-state index contributed by atoms with van der Waals surface area (Å²) in [4.78, 5) is 2.15. The van der Waals surface area contributed by atoms with Crippen LogP contribution in [0.2, 0.25) is 0 Å². The van der Waals surface area contributed by atoms with Gasteiger partial charge in [0.05, 0.1) is 0 Å². The maximum Gasteiger partial charge on any atom is 0.0361 e. The summed E-state index contributed by atoms with van der Waals surface area (Å²) in [6.07, 6.45) is 3.71. The lowest BCUT2D eigenvalue weighted by Crippen LogP contribution is -2.27. The zero-order chi connectivity index (χ0) is 14.3. The molecular formula is C17H30N2. The normalized spacial score (nSPS) is 14.2. The average Bonchev–Trinajstić information content (AvgIpc) is 2.40. The van der Waals surface area contributed by atoms with E-state index >= 15 is 0 Å². The number of anilines is 1. The van der Waals surface area contributed by atoms with Crippen LogP contribution in [0.25, 0.3) is 0 Å². The molecule has 0 heterocycles. The molecule has 2 unspecified atom stereocenters. The van der Waals surface area contributed by atoms with Gasteiger partial charge in [0, 0.05) is 25.8 Å². The second-order valence-electron chi connectivity index (χ2n) is 5.68. The van der Waals surface area contributed by atoms with Crippen molar-refractivity contribution in [2.45, 2.75) is 46.1 Å². The van der Waals surface area contributed by atoms with Gasteiger partial charge in [0.1, 0.15) is 0 Å². The summed E-state index contributed by atoms with van der Waals surface area (Å²) < 4.78 is 0. The molecule has 0 aliphatic rings. The SMILES string of the molecule is CCCNC(c1ccc(N(C)C)cc1)C(C)CCC. The van der Waals surface area contributed by atoms with E-state index < -0.39 is 0 Å². The van der Waals surface area contributed by atoms with Gasteiger partial charge in [-0.1, -0.05) is 39.3 Å². The maximum absolute atomic E-state index is 3.71. The van der Waals surface area contributed by atoms with Crippen molar-refractivity contribution in [1.82, 2.24) is 5.32 Å². The zero-order valence-electron chi connectivity index (χ0n) is 13.2.